The van der Waals surface area contributed by atoms with Gasteiger partial charge in [0.1, 0.15) is 5.75 Å². The first-order chi connectivity index (χ1) is 10.1. The predicted molar refractivity (Wildman–Crippen MR) is 91.8 cm³/mol. The number of carbonyl (C=O) groups is 1. The van der Waals surface area contributed by atoms with Crippen molar-refractivity contribution >= 4 is 43.5 Å². The maximum Gasteiger partial charge on any atom is 0.262 e. The zero-order chi connectivity index (χ0) is 15.2. The molecule has 0 aliphatic carbocycles. The summed E-state index contributed by atoms with van der Waals surface area (Å²) in [6, 6.07) is 13.3. The van der Waals surface area contributed by atoms with Gasteiger partial charge in [0.25, 0.3) is 5.91 Å². The fourth-order valence-electron chi connectivity index (χ4n) is 1.77. The van der Waals surface area contributed by atoms with Crippen LogP contribution in [0.1, 0.15) is 12.5 Å². The molecule has 0 unspecified atom stereocenters. The Morgan fingerprint density at radius 2 is 2.00 bits per heavy atom. The zero-order valence-electron chi connectivity index (χ0n) is 11.5. The van der Waals surface area contributed by atoms with Crippen molar-refractivity contribution in [3.05, 3.63) is 57.0 Å². The molecule has 2 aromatic rings. The summed E-state index contributed by atoms with van der Waals surface area (Å²) in [5, 5.41) is 2.82. The molecular weight excluding hydrogens is 398 g/mol. The Morgan fingerprint density at radius 1 is 1.19 bits per heavy atom. The summed E-state index contributed by atoms with van der Waals surface area (Å²) >= 11 is 6.82. The fourth-order valence-corrected chi connectivity index (χ4v) is 2.68. The molecule has 0 aromatic heterocycles. The van der Waals surface area contributed by atoms with E-state index in [2.05, 4.69) is 44.1 Å². The minimum Gasteiger partial charge on any atom is -0.484 e. The molecule has 3 nitrogen and oxygen atoms in total. The second kappa shape index (κ2) is 7.61. The highest BCUT2D eigenvalue weighted by Gasteiger charge is 2.07. The minimum atomic E-state index is -0.195. The van der Waals surface area contributed by atoms with Crippen LogP contribution >= 0.6 is 31.9 Å². The average molecular weight is 413 g/mol. The van der Waals surface area contributed by atoms with E-state index in [0.29, 0.717) is 5.75 Å². The van der Waals surface area contributed by atoms with Crippen molar-refractivity contribution < 1.29 is 9.53 Å². The molecule has 0 aliphatic rings. The van der Waals surface area contributed by atoms with Gasteiger partial charge in [-0.05, 0) is 58.2 Å². The van der Waals surface area contributed by atoms with Crippen LogP contribution in [0.5, 0.6) is 5.75 Å². The molecule has 0 spiro atoms. The largest absolute Gasteiger partial charge is 0.484 e. The van der Waals surface area contributed by atoms with Gasteiger partial charge in [0, 0.05) is 8.95 Å². The van der Waals surface area contributed by atoms with E-state index in [1.54, 1.807) is 0 Å². The van der Waals surface area contributed by atoms with E-state index in [1.165, 1.54) is 5.56 Å². The maximum absolute atomic E-state index is 11.9. The van der Waals surface area contributed by atoms with E-state index in [0.717, 1.165) is 21.1 Å². The molecule has 1 N–H and O–H groups in total. The average Bonchev–Trinajstić information content (AvgIpc) is 2.47. The third kappa shape index (κ3) is 4.86. The molecule has 0 atom stereocenters. The number of amides is 1. The number of anilines is 1. The van der Waals surface area contributed by atoms with Crippen molar-refractivity contribution in [3.8, 4) is 5.75 Å². The SMILES string of the molecule is CCc1ccc(NC(=O)COc2cccc(Br)c2)c(Br)c1. The first-order valence-electron chi connectivity index (χ1n) is 6.55. The summed E-state index contributed by atoms with van der Waals surface area (Å²) in [7, 11) is 0. The summed E-state index contributed by atoms with van der Waals surface area (Å²) in [6.45, 7) is 2.06. The number of ether oxygens (including phenoxy) is 1. The van der Waals surface area contributed by atoms with Crippen molar-refractivity contribution in [2.24, 2.45) is 0 Å². The lowest BCUT2D eigenvalue weighted by Crippen LogP contribution is -2.20. The van der Waals surface area contributed by atoms with Crippen LogP contribution in [0.15, 0.2) is 51.4 Å². The van der Waals surface area contributed by atoms with Crippen molar-refractivity contribution in [2.75, 3.05) is 11.9 Å². The molecule has 1 amide bonds. The zero-order valence-corrected chi connectivity index (χ0v) is 14.7. The van der Waals surface area contributed by atoms with Crippen LogP contribution < -0.4 is 10.1 Å². The smallest absolute Gasteiger partial charge is 0.262 e. The molecule has 0 heterocycles. The minimum absolute atomic E-state index is 0.0293. The van der Waals surface area contributed by atoms with Gasteiger partial charge in [0.15, 0.2) is 6.61 Å². The van der Waals surface area contributed by atoms with Crippen LogP contribution in [0, 0.1) is 0 Å². The highest BCUT2D eigenvalue weighted by molar-refractivity contribution is 9.10. The highest BCUT2D eigenvalue weighted by Crippen LogP contribution is 2.24. The summed E-state index contributed by atoms with van der Waals surface area (Å²) < 4.78 is 7.24. The highest BCUT2D eigenvalue weighted by atomic mass is 79.9. The van der Waals surface area contributed by atoms with Gasteiger partial charge in [-0.25, -0.2) is 0 Å². The van der Waals surface area contributed by atoms with Crippen LogP contribution in [0.4, 0.5) is 5.69 Å². The normalized spacial score (nSPS) is 10.2. The number of rotatable bonds is 5. The molecule has 0 saturated heterocycles. The lowest BCUT2D eigenvalue weighted by molar-refractivity contribution is -0.118. The molecule has 2 aromatic carbocycles. The second-order valence-electron chi connectivity index (χ2n) is 4.46. The molecule has 0 bridgehead atoms. The van der Waals surface area contributed by atoms with Gasteiger partial charge in [0.05, 0.1) is 5.69 Å². The quantitative estimate of drug-likeness (QED) is 0.766. The first kappa shape index (κ1) is 16.0. The Bertz CT molecular complexity index is 644. The van der Waals surface area contributed by atoms with Gasteiger partial charge >= 0.3 is 0 Å². The summed E-state index contributed by atoms with van der Waals surface area (Å²) in [5.41, 5.74) is 1.96. The van der Waals surface area contributed by atoms with Crippen LogP contribution in [0.25, 0.3) is 0 Å². The molecule has 5 heteroatoms. The van der Waals surface area contributed by atoms with Crippen LogP contribution in [0.2, 0.25) is 0 Å². The summed E-state index contributed by atoms with van der Waals surface area (Å²) in [5.74, 6) is 0.458. The van der Waals surface area contributed by atoms with Gasteiger partial charge < -0.3 is 10.1 Å². The Labute approximate surface area is 141 Å². The Morgan fingerprint density at radius 3 is 2.67 bits per heavy atom. The second-order valence-corrected chi connectivity index (χ2v) is 6.23. The number of aryl methyl sites for hydroxylation is 1. The van der Waals surface area contributed by atoms with Crippen molar-refractivity contribution in [1.82, 2.24) is 0 Å². The number of hydrogen-bond acceptors (Lipinski definition) is 2. The molecule has 0 saturated carbocycles. The molecule has 0 fully saturated rings. The van der Waals surface area contributed by atoms with Crippen molar-refractivity contribution in [1.29, 1.82) is 0 Å². The number of hydrogen-bond donors (Lipinski definition) is 1. The summed E-state index contributed by atoms with van der Waals surface area (Å²) in [6.07, 6.45) is 0.957. The fraction of sp³-hybridized carbons (Fsp3) is 0.188. The van der Waals surface area contributed by atoms with Gasteiger partial charge in [-0.2, -0.15) is 0 Å². The van der Waals surface area contributed by atoms with E-state index in [4.69, 9.17) is 4.74 Å². The number of halogens is 2. The van der Waals surface area contributed by atoms with Crippen LogP contribution in [-0.4, -0.2) is 12.5 Å². The van der Waals surface area contributed by atoms with E-state index in [-0.39, 0.29) is 12.5 Å². The molecule has 0 radical (unpaired) electrons. The lowest BCUT2D eigenvalue weighted by atomic mass is 10.1. The molecule has 21 heavy (non-hydrogen) atoms. The van der Waals surface area contributed by atoms with E-state index >= 15 is 0 Å². The third-order valence-corrected chi connectivity index (χ3v) is 4.03. The van der Waals surface area contributed by atoms with Gasteiger partial charge in [-0.15, -0.1) is 0 Å². The Hall–Kier alpha value is -1.33. The molecule has 0 aliphatic heterocycles. The van der Waals surface area contributed by atoms with Crippen LogP contribution in [0.3, 0.4) is 0 Å². The first-order valence-corrected chi connectivity index (χ1v) is 8.13. The lowest BCUT2D eigenvalue weighted by Gasteiger charge is -2.10. The van der Waals surface area contributed by atoms with Crippen LogP contribution in [-0.2, 0) is 11.2 Å². The van der Waals surface area contributed by atoms with Gasteiger partial charge in [-0.3, -0.25) is 4.79 Å². The van der Waals surface area contributed by atoms with E-state index < -0.39 is 0 Å². The van der Waals surface area contributed by atoms with Gasteiger partial charge in [-0.1, -0.05) is 35.0 Å². The maximum atomic E-state index is 11.9. The Kier molecular flexibility index (Phi) is 5.82. The molecule has 2 rings (SSSR count). The monoisotopic (exact) mass is 411 g/mol. The molecule has 110 valence electrons. The number of carbonyl (C=O) groups excluding carboxylic acids is 1. The Balaban J connectivity index is 1.93. The summed E-state index contributed by atoms with van der Waals surface area (Å²) in [4.78, 5) is 11.9. The van der Waals surface area contributed by atoms with Crippen molar-refractivity contribution in [3.63, 3.8) is 0 Å². The topological polar surface area (TPSA) is 38.3 Å². The predicted octanol–water partition coefficient (Wildman–Crippen LogP) is 4.79. The van der Waals surface area contributed by atoms with Gasteiger partial charge in [0.2, 0.25) is 0 Å². The van der Waals surface area contributed by atoms with E-state index in [9.17, 15) is 4.79 Å². The number of nitrogens with one attached hydrogen (secondary N) is 1. The number of benzene rings is 2. The standard InChI is InChI=1S/C16H15Br2NO2/c1-2-11-6-7-15(14(18)8-11)19-16(20)10-21-13-5-3-4-12(17)9-13/h3-9H,2,10H2,1H3,(H,19,20). The van der Waals surface area contributed by atoms with E-state index in [1.807, 2.05) is 42.5 Å². The third-order valence-electron chi connectivity index (χ3n) is 2.88. The molecular formula is C16H15Br2NO2. The van der Waals surface area contributed by atoms with Crippen molar-refractivity contribution in [2.45, 2.75) is 13.3 Å².